The van der Waals surface area contributed by atoms with Crippen LogP contribution in [0, 0.1) is 11.8 Å². The Morgan fingerprint density at radius 1 is 0.871 bits per heavy atom. The fourth-order valence-corrected chi connectivity index (χ4v) is 2.81. The molecule has 6 atom stereocenters. The van der Waals surface area contributed by atoms with E-state index in [1.165, 1.54) is 0 Å². The highest BCUT2D eigenvalue weighted by Crippen LogP contribution is 2.24. The first-order valence-corrected chi connectivity index (χ1v) is 10.8. The van der Waals surface area contributed by atoms with Gasteiger partial charge >= 0.3 is 11.9 Å². The summed E-state index contributed by atoms with van der Waals surface area (Å²) in [5.41, 5.74) is 0. The van der Waals surface area contributed by atoms with Crippen LogP contribution in [0.4, 0.5) is 0 Å². The second kappa shape index (κ2) is 14.0. The average molecular weight is 451 g/mol. The van der Waals surface area contributed by atoms with E-state index in [-0.39, 0.29) is 26.1 Å². The van der Waals surface area contributed by atoms with Crippen molar-refractivity contribution in [1.82, 2.24) is 0 Å². The SMILES string of the molecule is CC(C)CCC(=O)OC[C@@H](CO)O[C@@H]1O[C@H](COC(=O)CCC(C)C)[C@H](O)[C@H](O)[C@H]1O. The monoisotopic (exact) mass is 450 g/mol. The summed E-state index contributed by atoms with van der Waals surface area (Å²) in [4.78, 5) is 23.6. The van der Waals surface area contributed by atoms with Gasteiger partial charge in [-0.2, -0.15) is 0 Å². The fourth-order valence-electron chi connectivity index (χ4n) is 2.81. The molecule has 0 aromatic heterocycles. The summed E-state index contributed by atoms with van der Waals surface area (Å²) in [6.45, 7) is 6.76. The molecule has 31 heavy (non-hydrogen) atoms. The molecule has 0 aromatic carbocycles. The predicted molar refractivity (Wildman–Crippen MR) is 109 cm³/mol. The number of rotatable bonds is 13. The van der Waals surface area contributed by atoms with Gasteiger partial charge in [-0.05, 0) is 24.7 Å². The van der Waals surface area contributed by atoms with Crippen molar-refractivity contribution in [1.29, 1.82) is 0 Å². The minimum absolute atomic E-state index is 0.209. The van der Waals surface area contributed by atoms with Crippen LogP contribution in [0.5, 0.6) is 0 Å². The lowest BCUT2D eigenvalue weighted by Crippen LogP contribution is -2.60. The Morgan fingerprint density at radius 2 is 1.42 bits per heavy atom. The van der Waals surface area contributed by atoms with Gasteiger partial charge in [0.2, 0.25) is 0 Å². The largest absolute Gasteiger partial charge is 0.463 e. The number of carbonyl (C=O) groups is 2. The summed E-state index contributed by atoms with van der Waals surface area (Å²) in [6, 6.07) is 0. The normalized spacial score (nSPS) is 27.4. The molecule has 0 bridgehead atoms. The van der Waals surface area contributed by atoms with E-state index in [4.69, 9.17) is 18.9 Å². The number of hydrogen-bond donors (Lipinski definition) is 4. The highest BCUT2D eigenvalue weighted by Gasteiger charge is 2.45. The first-order chi connectivity index (χ1) is 14.5. The third-order valence-electron chi connectivity index (χ3n) is 4.89. The van der Waals surface area contributed by atoms with Crippen LogP contribution in [-0.4, -0.2) is 89.0 Å². The van der Waals surface area contributed by atoms with E-state index < -0.39 is 55.4 Å². The number of ether oxygens (including phenoxy) is 4. The highest BCUT2D eigenvalue weighted by molar-refractivity contribution is 5.69. The second-order valence-corrected chi connectivity index (χ2v) is 8.69. The maximum absolute atomic E-state index is 11.8. The summed E-state index contributed by atoms with van der Waals surface area (Å²) in [7, 11) is 0. The summed E-state index contributed by atoms with van der Waals surface area (Å²) < 4.78 is 21.1. The smallest absolute Gasteiger partial charge is 0.305 e. The van der Waals surface area contributed by atoms with Crippen LogP contribution in [-0.2, 0) is 28.5 Å². The van der Waals surface area contributed by atoms with Gasteiger partial charge in [0.05, 0.1) is 6.61 Å². The first-order valence-electron chi connectivity index (χ1n) is 10.8. The topological polar surface area (TPSA) is 152 Å². The highest BCUT2D eigenvalue weighted by atomic mass is 16.7. The minimum Gasteiger partial charge on any atom is -0.463 e. The molecule has 10 nitrogen and oxygen atoms in total. The van der Waals surface area contributed by atoms with Crippen LogP contribution in [0.2, 0.25) is 0 Å². The summed E-state index contributed by atoms with van der Waals surface area (Å²) in [5, 5.41) is 39.9. The molecule has 10 heteroatoms. The van der Waals surface area contributed by atoms with Gasteiger partial charge in [-0.25, -0.2) is 0 Å². The van der Waals surface area contributed by atoms with Gasteiger partial charge in [0, 0.05) is 12.8 Å². The molecule has 1 saturated heterocycles. The van der Waals surface area contributed by atoms with Crippen LogP contribution in [0.15, 0.2) is 0 Å². The van der Waals surface area contributed by atoms with Crippen molar-refractivity contribution in [3.63, 3.8) is 0 Å². The number of esters is 2. The Hall–Kier alpha value is -1.30. The van der Waals surface area contributed by atoms with Crippen LogP contribution >= 0.6 is 0 Å². The van der Waals surface area contributed by atoms with E-state index in [1.54, 1.807) is 0 Å². The lowest BCUT2D eigenvalue weighted by atomic mass is 9.99. The molecular weight excluding hydrogens is 412 g/mol. The molecule has 4 N–H and O–H groups in total. The molecule has 0 spiro atoms. The Balaban J connectivity index is 2.58. The van der Waals surface area contributed by atoms with Crippen molar-refractivity contribution >= 4 is 11.9 Å². The second-order valence-electron chi connectivity index (χ2n) is 8.69. The molecule has 0 amide bonds. The first kappa shape index (κ1) is 27.7. The zero-order valence-electron chi connectivity index (χ0n) is 18.8. The molecule has 0 radical (unpaired) electrons. The van der Waals surface area contributed by atoms with Crippen molar-refractivity contribution in [3.05, 3.63) is 0 Å². The van der Waals surface area contributed by atoms with Crippen LogP contribution in [0.25, 0.3) is 0 Å². The molecular formula is C21H38O10. The molecule has 0 aromatic rings. The van der Waals surface area contributed by atoms with E-state index in [0.29, 0.717) is 24.7 Å². The molecule has 1 rings (SSSR count). The molecule has 0 unspecified atom stereocenters. The minimum atomic E-state index is -1.62. The molecule has 0 saturated carbocycles. The zero-order valence-corrected chi connectivity index (χ0v) is 18.8. The average Bonchev–Trinajstić information content (AvgIpc) is 2.72. The number of carbonyl (C=O) groups excluding carboxylic acids is 2. The van der Waals surface area contributed by atoms with Crippen molar-refractivity contribution < 1.29 is 49.0 Å². The van der Waals surface area contributed by atoms with Gasteiger partial charge in [0.25, 0.3) is 0 Å². The van der Waals surface area contributed by atoms with Gasteiger partial charge in [0.15, 0.2) is 6.29 Å². The van der Waals surface area contributed by atoms with Gasteiger partial charge in [-0.3, -0.25) is 9.59 Å². The Bertz CT molecular complexity index is 536. The number of hydrogen-bond acceptors (Lipinski definition) is 10. The molecule has 1 aliphatic rings. The summed E-state index contributed by atoms with van der Waals surface area (Å²) >= 11 is 0. The molecule has 1 fully saturated rings. The van der Waals surface area contributed by atoms with Crippen molar-refractivity contribution in [2.75, 3.05) is 19.8 Å². The fraction of sp³-hybridized carbons (Fsp3) is 0.905. The summed E-state index contributed by atoms with van der Waals surface area (Å²) in [6.07, 6.45) is -6.57. The Kier molecular flexibility index (Phi) is 12.5. The van der Waals surface area contributed by atoms with Crippen molar-refractivity contribution in [3.8, 4) is 0 Å². The van der Waals surface area contributed by atoms with E-state index in [2.05, 4.69) is 0 Å². The van der Waals surface area contributed by atoms with Gasteiger partial charge < -0.3 is 39.4 Å². The number of aliphatic hydroxyl groups is 4. The quantitative estimate of drug-likeness (QED) is 0.285. The van der Waals surface area contributed by atoms with Crippen LogP contribution in [0.1, 0.15) is 53.4 Å². The van der Waals surface area contributed by atoms with E-state index in [9.17, 15) is 30.0 Å². The zero-order chi connectivity index (χ0) is 23.6. The maximum atomic E-state index is 11.8. The molecule has 1 aliphatic heterocycles. The van der Waals surface area contributed by atoms with Gasteiger partial charge in [0.1, 0.15) is 43.7 Å². The van der Waals surface area contributed by atoms with Gasteiger partial charge in [-0.1, -0.05) is 27.7 Å². The summed E-state index contributed by atoms with van der Waals surface area (Å²) in [5.74, 6) is -0.243. The predicted octanol–water partition coefficient (Wildman–Crippen LogP) is 0.130. The molecule has 0 aliphatic carbocycles. The van der Waals surface area contributed by atoms with E-state index in [1.807, 2.05) is 27.7 Å². The lowest BCUT2D eigenvalue weighted by molar-refractivity contribution is -0.315. The third kappa shape index (κ3) is 10.2. The van der Waals surface area contributed by atoms with Crippen molar-refractivity contribution in [2.45, 2.75) is 90.2 Å². The Morgan fingerprint density at radius 3 is 1.94 bits per heavy atom. The van der Waals surface area contributed by atoms with E-state index >= 15 is 0 Å². The van der Waals surface area contributed by atoms with Gasteiger partial charge in [-0.15, -0.1) is 0 Å². The van der Waals surface area contributed by atoms with Crippen LogP contribution in [0.3, 0.4) is 0 Å². The lowest BCUT2D eigenvalue weighted by Gasteiger charge is -2.40. The molecule has 1 heterocycles. The van der Waals surface area contributed by atoms with E-state index in [0.717, 1.165) is 0 Å². The van der Waals surface area contributed by atoms with Crippen LogP contribution < -0.4 is 0 Å². The number of aliphatic hydroxyl groups excluding tert-OH is 4. The third-order valence-corrected chi connectivity index (χ3v) is 4.89. The molecule has 182 valence electrons. The Labute approximate surface area is 183 Å². The maximum Gasteiger partial charge on any atom is 0.305 e. The van der Waals surface area contributed by atoms with Crippen molar-refractivity contribution in [2.24, 2.45) is 11.8 Å². The standard InChI is InChI=1S/C21H38O10/c1-12(2)5-7-16(23)28-10-14(9-22)30-21-20(27)19(26)18(25)15(31-21)11-29-17(24)8-6-13(3)4/h12-15,18-22,25-27H,5-11H2,1-4H3/t14-,15-,18+,19+,20-,21-/m1/s1.